The Balaban J connectivity index is 2.19. The lowest BCUT2D eigenvalue weighted by atomic mass is 9.95. The number of rotatable bonds is 6. The fraction of sp³-hybridized carbons (Fsp3) is 0.208. The molecule has 31 heavy (non-hydrogen) atoms. The summed E-state index contributed by atoms with van der Waals surface area (Å²) in [5, 5.41) is 0.555. The molecule has 3 aromatic rings. The summed E-state index contributed by atoms with van der Waals surface area (Å²) >= 11 is 7.45. The van der Waals surface area contributed by atoms with Gasteiger partial charge < -0.3 is 9.30 Å². The second kappa shape index (κ2) is 9.45. The van der Waals surface area contributed by atoms with Crippen molar-refractivity contribution in [2.45, 2.75) is 20.8 Å². The molecule has 0 radical (unpaired) electrons. The van der Waals surface area contributed by atoms with Crippen LogP contribution in [0.25, 0.3) is 16.5 Å². The topological polar surface area (TPSA) is 65.4 Å². The monoisotopic (exact) mass is 455 g/mol. The van der Waals surface area contributed by atoms with Crippen LogP contribution in [0.15, 0.2) is 47.4 Å². The molecule has 0 saturated carbocycles. The summed E-state index contributed by atoms with van der Waals surface area (Å²) < 4.78 is 6.40. The molecule has 0 N–H and O–H groups in total. The van der Waals surface area contributed by atoms with E-state index in [9.17, 15) is 14.4 Å². The molecule has 0 saturated heterocycles. The zero-order chi connectivity index (χ0) is 22.7. The summed E-state index contributed by atoms with van der Waals surface area (Å²) in [6.45, 7) is 5.85. The number of pyridine rings is 1. The Labute approximate surface area is 189 Å². The Kier molecular flexibility index (Phi) is 6.93. The van der Waals surface area contributed by atoms with Gasteiger partial charge in [-0.3, -0.25) is 9.59 Å². The van der Waals surface area contributed by atoms with Gasteiger partial charge in [0.15, 0.2) is 5.78 Å². The molecule has 0 atom stereocenters. The Bertz CT molecular complexity index is 1240. The van der Waals surface area contributed by atoms with Gasteiger partial charge in [0.1, 0.15) is 0 Å². The van der Waals surface area contributed by atoms with E-state index in [0.29, 0.717) is 27.3 Å². The van der Waals surface area contributed by atoms with Crippen molar-refractivity contribution in [2.75, 3.05) is 6.61 Å². The Hall–Kier alpha value is -2.96. The minimum Gasteiger partial charge on any atom is -0.463 e. The van der Waals surface area contributed by atoms with E-state index < -0.39 is 5.97 Å². The molecule has 0 bridgehead atoms. The molecule has 2 heterocycles. The van der Waals surface area contributed by atoms with Crippen LogP contribution in [0.3, 0.4) is 0 Å². The van der Waals surface area contributed by atoms with E-state index in [1.165, 1.54) is 28.0 Å². The predicted molar refractivity (Wildman–Crippen MR) is 125 cm³/mol. The van der Waals surface area contributed by atoms with Crippen molar-refractivity contribution in [1.29, 1.82) is 0 Å². The SMILES string of the molecule is CCOC(=O)/C=C/c1cc(=O)n(C)cc1-c1sc(C)c(C)c1C(=O)c1ccc(Cl)cc1. The molecule has 3 rings (SSSR count). The van der Waals surface area contributed by atoms with Crippen LogP contribution in [0.2, 0.25) is 5.02 Å². The van der Waals surface area contributed by atoms with Crippen molar-refractivity contribution in [3.05, 3.63) is 85.1 Å². The number of benzene rings is 1. The largest absolute Gasteiger partial charge is 0.463 e. The van der Waals surface area contributed by atoms with Crippen molar-refractivity contribution >= 4 is 40.8 Å². The molecule has 160 valence electrons. The molecule has 5 nitrogen and oxygen atoms in total. The van der Waals surface area contributed by atoms with Crippen LogP contribution >= 0.6 is 22.9 Å². The number of ketones is 1. The molecule has 0 fully saturated rings. The number of halogens is 1. The van der Waals surface area contributed by atoms with Gasteiger partial charge in [-0.05, 0) is 62.2 Å². The number of aryl methyl sites for hydroxylation is 2. The van der Waals surface area contributed by atoms with Crippen molar-refractivity contribution < 1.29 is 14.3 Å². The number of ether oxygens (including phenoxy) is 1. The van der Waals surface area contributed by atoms with Crippen LogP contribution in [0.4, 0.5) is 0 Å². The Morgan fingerprint density at radius 1 is 1.19 bits per heavy atom. The number of carbonyl (C=O) groups excluding carboxylic acids is 2. The molecule has 0 amide bonds. The third kappa shape index (κ3) is 4.86. The fourth-order valence-corrected chi connectivity index (χ4v) is 4.47. The number of aromatic nitrogens is 1. The van der Waals surface area contributed by atoms with Gasteiger partial charge in [-0.1, -0.05) is 11.6 Å². The van der Waals surface area contributed by atoms with Crippen molar-refractivity contribution in [1.82, 2.24) is 4.57 Å². The van der Waals surface area contributed by atoms with Crippen LogP contribution in [-0.4, -0.2) is 22.9 Å². The number of thiophene rings is 1. The molecular formula is C24H22ClNO4S. The van der Waals surface area contributed by atoms with E-state index in [0.717, 1.165) is 15.3 Å². The second-order valence-electron chi connectivity index (χ2n) is 7.00. The van der Waals surface area contributed by atoms with Gasteiger partial charge in [0.2, 0.25) is 0 Å². The molecule has 7 heteroatoms. The Morgan fingerprint density at radius 3 is 2.52 bits per heavy atom. The van der Waals surface area contributed by atoms with Gasteiger partial charge in [0.05, 0.1) is 6.61 Å². The summed E-state index contributed by atoms with van der Waals surface area (Å²) in [5.74, 6) is -0.618. The molecule has 0 spiro atoms. The first-order chi connectivity index (χ1) is 14.7. The maximum Gasteiger partial charge on any atom is 0.330 e. The van der Waals surface area contributed by atoms with E-state index in [2.05, 4.69) is 0 Å². The maximum atomic E-state index is 13.4. The first kappa shape index (κ1) is 22.7. The standard InChI is InChI=1S/C24H22ClNO4S/c1-5-30-21(28)11-8-17-12-20(27)26(4)13-19(17)24-22(14(2)15(3)31-24)23(29)16-6-9-18(25)10-7-16/h6-13H,5H2,1-4H3/b11-8+. The average Bonchev–Trinajstić information content (AvgIpc) is 3.03. The van der Waals surface area contributed by atoms with E-state index >= 15 is 0 Å². The lowest BCUT2D eigenvalue weighted by Crippen LogP contribution is -2.16. The van der Waals surface area contributed by atoms with Gasteiger partial charge in [-0.2, -0.15) is 0 Å². The number of hydrogen-bond acceptors (Lipinski definition) is 5. The normalized spacial score (nSPS) is 11.1. The smallest absolute Gasteiger partial charge is 0.330 e. The van der Waals surface area contributed by atoms with Gasteiger partial charge in [-0.25, -0.2) is 4.79 Å². The van der Waals surface area contributed by atoms with Crippen LogP contribution in [0.5, 0.6) is 0 Å². The van der Waals surface area contributed by atoms with E-state index in [1.807, 2.05) is 13.8 Å². The average molecular weight is 456 g/mol. The first-order valence-electron chi connectivity index (χ1n) is 9.69. The number of nitrogens with zero attached hydrogens (tertiary/aromatic N) is 1. The molecule has 0 aliphatic rings. The van der Waals surface area contributed by atoms with Crippen molar-refractivity contribution in [2.24, 2.45) is 7.05 Å². The lowest BCUT2D eigenvalue weighted by Gasteiger charge is -2.10. The molecule has 2 aromatic heterocycles. The summed E-state index contributed by atoms with van der Waals surface area (Å²) in [6.07, 6.45) is 4.53. The molecule has 1 aromatic carbocycles. The minimum absolute atomic E-state index is 0.123. The summed E-state index contributed by atoms with van der Waals surface area (Å²) in [7, 11) is 1.65. The number of hydrogen-bond donors (Lipinski definition) is 0. The molecular weight excluding hydrogens is 434 g/mol. The zero-order valence-electron chi connectivity index (χ0n) is 17.7. The van der Waals surface area contributed by atoms with E-state index in [4.69, 9.17) is 16.3 Å². The van der Waals surface area contributed by atoms with Crippen LogP contribution in [0, 0.1) is 13.8 Å². The molecule has 0 unspecified atom stereocenters. The third-order valence-corrected chi connectivity index (χ3v) is 6.40. The zero-order valence-corrected chi connectivity index (χ0v) is 19.3. The Morgan fingerprint density at radius 2 is 1.87 bits per heavy atom. The minimum atomic E-state index is -0.495. The summed E-state index contributed by atoms with van der Waals surface area (Å²) in [4.78, 5) is 39.2. The van der Waals surface area contributed by atoms with Crippen LogP contribution in [-0.2, 0) is 16.6 Å². The van der Waals surface area contributed by atoms with E-state index in [-0.39, 0.29) is 17.9 Å². The molecule has 0 aliphatic heterocycles. The number of esters is 1. The lowest BCUT2D eigenvalue weighted by molar-refractivity contribution is -0.137. The predicted octanol–water partition coefficient (Wildman–Crippen LogP) is 5.19. The quantitative estimate of drug-likeness (QED) is 0.291. The van der Waals surface area contributed by atoms with Crippen LogP contribution < -0.4 is 5.56 Å². The number of carbonyl (C=O) groups is 2. The highest BCUT2D eigenvalue weighted by molar-refractivity contribution is 7.16. The molecule has 0 aliphatic carbocycles. The maximum absolute atomic E-state index is 13.4. The van der Waals surface area contributed by atoms with Gasteiger partial charge in [0, 0.05) is 56.9 Å². The second-order valence-corrected chi connectivity index (χ2v) is 8.66. The van der Waals surface area contributed by atoms with Crippen LogP contribution in [0.1, 0.15) is 38.8 Å². The highest BCUT2D eigenvalue weighted by atomic mass is 35.5. The van der Waals surface area contributed by atoms with Crippen molar-refractivity contribution in [3.63, 3.8) is 0 Å². The van der Waals surface area contributed by atoms with E-state index in [1.54, 1.807) is 50.5 Å². The first-order valence-corrected chi connectivity index (χ1v) is 10.9. The van der Waals surface area contributed by atoms with Gasteiger partial charge >= 0.3 is 5.97 Å². The van der Waals surface area contributed by atoms with Gasteiger partial charge in [0.25, 0.3) is 5.56 Å². The summed E-state index contributed by atoms with van der Waals surface area (Å²) in [6, 6.07) is 8.21. The third-order valence-electron chi connectivity index (χ3n) is 4.91. The van der Waals surface area contributed by atoms with Gasteiger partial charge in [-0.15, -0.1) is 11.3 Å². The fourth-order valence-electron chi connectivity index (χ4n) is 3.16. The van der Waals surface area contributed by atoms with Crippen molar-refractivity contribution in [3.8, 4) is 10.4 Å². The highest BCUT2D eigenvalue weighted by Gasteiger charge is 2.23. The summed E-state index contributed by atoms with van der Waals surface area (Å²) in [5.41, 5.74) is 3.01. The highest BCUT2D eigenvalue weighted by Crippen LogP contribution is 2.39.